The lowest BCUT2D eigenvalue weighted by molar-refractivity contribution is 0.669. The van der Waals surface area contributed by atoms with Crippen LogP contribution in [0.4, 0.5) is 0 Å². The Kier molecular flexibility index (Phi) is 8.78. The topological polar surface area (TPSA) is 65.0 Å². The van der Waals surface area contributed by atoms with Gasteiger partial charge in [0.1, 0.15) is 22.3 Å². The molecule has 0 aliphatic rings. The molecular formula is C61H37N3O2. The first kappa shape index (κ1) is 37.6. The molecule has 0 fully saturated rings. The van der Waals surface area contributed by atoms with Crippen LogP contribution in [0.15, 0.2) is 233 Å². The molecule has 5 nitrogen and oxygen atoms in total. The van der Waals surface area contributed by atoms with Crippen molar-refractivity contribution in [2.45, 2.75) is 0 Å². The second kappa shape index (κ2) is 15.4. The molecule has 308 valence electrons. The van der Waals surface area contributed by atoms with Crippen molar-refractivity contribution in [1.29, 1.82) is 0 Å². The first-order chi connectivity index (χ1) is 32.7. The zero-order valence-corrected chi connectivity index (χ0v) is 35.5. The summed E-state index contributed by atoms with van der Waals surface area (Å²) in [6.07, 6.45) is 0. The van der Waals surface area contributed by atoms with Crippen LogP contribution < -0.4 is 0 Å². The highest BCUT2D eigenvalue weighted by Gasteiger charge is 2.22. The first-order valence-electron chi connectivity index (χ1n) is 22.2. The molecule has 0 bridgehead atoms. The highest BCUT2D eigenvalue weighted by atomic mass is 16.3. The Bertz CT molecular complexity index is 3990. The lowest BCUT2D eigenvalue weighted by atomic mass is 9.84. The van der Waals surface area contributed by atoms with Crippen molar-refractivity contribution in [3.05, 3.63) is 224 Å². The van der Waals surface area contributed by atoms with Crippen molar-refractivity contribution < 1.29 is 8.83 Å². The monoisotopic (exact) mass is 843 g/mol. The minimum Gasteiger partial charge on any atom is -0.456 e. The van der Waals surface area contributed by atoms with E-state index in [1.807, 2.05) is 60.7 Å². The van der Waals surface area contributed by atoms with E-state index in [0.717, 1.165) is 105 Å². The zero-order valence-electron chi connectivity index (χ0n) is 35.5. The van der Waals surface area contributed by atoms with Gasteiger partial charge in [-0.05, 0) is 104 Å². The SMILES string of the molecule is c1ccc(-c2cc(-c3cccc(-c4nc(-c5ccccc5)nc(-c5cccc6c5oc5ccccc56)n4)c3)c(-c3ccccc3)c(-c3ccc4oc5ccc6ccccc6c5c4c3)c2)cc1. The molecule has 0 N–H and O–H groups in total. The lowest BCUT2D eigenvalue weighted by Gasteiger charge is -2.19. The minimum absolute atomic E-state index is 0.544. The number of hydrogen-bond acceptors (Lipinski definition) is 5. The van der Waals surface area contributed by atoms with E-state index in [9.17, 15) is 0 Å². The maximum atomic E-state index is 6.51. The van der Waals surface area contributed by atoms with Crippen LogP contribution in [0.3, 0.4) is 0 Å². The van der Waals surface area contributed by atoms with Crippen molar-refractivity contribution in [2.24, 2.45) is 0 Å². The molecule has 3 heterocycles. The van der Waals surface area contributed by atoms with Crippen molar-refractivity contribution in [3.8, 4) is 78.7 Å². The fourth-order valence-corrected chi connectivity index (χ4v) is 9.62. The van der Waals surface area contributed by atoms with Gasteiger partial charge in [-0.1, -0.05) is 176 Å². The smallest absolute Gasteiger partial charge is 0.167 e. The summed E-state index contributed by atoms with van der Waals surface area (Å²) in [6.45, 7) is 0. The van der Waals surface area contributed by atoms with Gasteiger partial charge in [0.05, 0.1) is 5.56 Å². The Hall–Kier alpha value is -8.93. The molecule has 0 unspecified atom stereocenters. The second-order valence-electron chi connectivity index (χ2n) is 16.7. The number of furan rings is 2. The Labute approximate surface area is 379 Å². The first-order valence-corrected chi connectivity index (χ1v) is 22.2. The number of para-hydroxylation sites is 2. The van der Waals surface area contributed by atoms with E-state index < -0.39 is 0 Å². The van der Waals surface area contributed by atoms with Crippen LogP contribution in [0.2, 0.25) is 0 Å². The summed E-state index contributed by atoms with van der Waals surface area (Å²) in [7, 11) is 0. The summed E-state index contributed by atoms with van der Waals surface area (Å²) in [5.74, 6) is 1.70. The van der Waals surface area contributed by atoms with Gasteiger partial charge in [-0.3, -0.25) is 0 Å². The van der Waals surface area contributed by atoms with Crippen LogP contribution >= 0.6 is 0 Å². The lowest BCUT2D eigenvalue weighted by Crippen LogP contribution is -2.00. The quantitative estimate of drug-likeness (QED) is 0.160. The zero-order chi connectivity index (χ0) is 43.6. The molecule has 5 heteroatoms. The van der Waals surface area contributed by atoms with E-state index in [-0.39, 0.29) is 0 Å². The van der Waals surface area contributed by atoms with Crippen molar-refractivity contribution in [1.82, 2.24) is 15.0 Å². The average Bonchev–Trinajstić information content (AvgIpc) is 3.98. The van der Waals surface area contributed by atoms with Crippen molar-refractivity contribution in [2.75, 3.05) is 0 Å². The van der Waals surface area contributed by atoms with Gasteiger partial charge in [-0.25, -0.2) is 15.0 Å². The number of nitrogens with zero attached hydrogens (tertiary/aromatic N) is 3. The maximum absolute atomic E-state index is 6.51. The van der Waals surface area contributed by atoms with E-state index in [4.69, 9.17) is 23.8 Å². The predicted molar refractivity (Wildman–Crippen MR) is 270 cm³/mol. The van der Waals surface area contributed by atoms with Gasteiger partial charge in [-0.2, -0.15) is 0 Å². The summed E-state index contributed by atoms with van der Waals surface area (Å²) in [4.78, 5) is 15.5. The molecule has 0 saturated heterocycles. The van der Waals surface area contributed by atoms with E-state index in [0.29, 0.717) is 17.5 Å². The number of rotatable bonds is 7. The van der Waals surface area contributed by atoms with E-state index in [1.165, 1.54) is 10.8 Å². The fraction of sp³-hybridized carbons (Fsp3) is 0. The molecule has 0 amide bonds. The maximum Gasteiger partial charge on any atom is 0.167 e. The largest absolute Gasteiger partial charge is 0.456 e. The summed E-state index contributed by atoms with van der Waals surface area (Å²) in [5, 5.41) is 6.65. The van der Waals surface area contributed by atoms with Crippen LogP contribution in [0, 0.1) is 0 Å². The normalized spacial score (nSPS) is 11.6. The molecular weight excluding hydrogens is 807 g/mol. The Morgan fingerprint density at radius 3 is 1.62 bits per heavy atom. The number of hydrogen-bond donors (Lipinski definition) is 0. The summed E-state index contributed by atoms with van der Waals surface area (Å²) in [5.41, 5.74) is 14.7. The summed E-state index contributed by atoms with van der Waals surface area (Å²) < 4.78 is 13.0. The molecule has 3 aromatic heterocycles. The van der Waals surface area contributed by atoms with Gasteiger partial charge >= 0.3 is 0 Å². The summed E-state index contributed by atoms with van der Waals surface area (Å²) >= 11 is 0. The molecule has 0 atom stereocenters. The Morgan fingerprint density at radius 1 is 0.273 bits per heavy atom. The minimum atomic E-state index is 0.544. The van der Waals surface area contributed by atoms with Gasteiger partial charge in [-0.15, -0.1) is 0 Å². The van der Waals surface area contributed by atoms with E-state index >= 15 is 0 Å². The third kappa shape index (κ3) is 6.36. The highest BCUT2D eigenvalue weighted by molar-refractivity contribution is 6.19. The van der Waals surface area contributed by atoms with Gasteiger partial charge < -0.3 is 8.83 Å². The number of aromatic nitrogens is 3. The van der Waals surface area contributed by atoms with Crippen LogP contribution in [0.5, 0.6) is 0 Å². The third-order valence-corrected chi connectivity index (χ3v) is 12.7. The van der Waals surface area contributed by atoms with E-state index in [1.54, 1.807) is 0 Å². The van der Waals surface area contributed by atoms with Gasteiger partial charge in [0.25, 0.3) is 0 Å². The van der Waals surface area contributed by atoms with Gasteiger partial charge in [0.2, 0.25) is 0 Å². The van der Waals surface area contributed by atoms with Crippen LogP contribution in [-0.2, 0) is 0 Å². The molecule has 0 saturated carbocycles. The third-order valence-electron chi connectivity index (χ3n) is 12.7. The number of fused-ring (bicyclic) bond motifs is 8. The highest BCUT2D eigenvalue weighted by Crippen LogP contribution is 2.46. The van der Waals surface area contributed by atoms with E-state index in [2.05, 4.69) is 164 Å². The Balaban J connectivity index is 1.04. The molecule has 66 heavy (non-hydrogen) atoms. The molecule has 0 spiro atoms. The fourth-order valence-electron chi connectivity index (χ4n) is 9.62. The van der Waals surface area contributed by atoms with Crippen molar-refractivity contribution >= 4 is 54.6 Å². The molecule has 0 aliphatic carbocycles. The molecule has 10 aromatic carbocycles. The number of benzene rings is 10. The van der Waals surface area contributed by atoms with Gasteiger partial charge in [0.15, 0.2) is 17.5 Å². The van der Waals surface area contributed by atoms with Crippen molar-refractivity contribution in [3.63, 3.8) is 0 Å². The molecule has 0 aliphatic heterocycles. The predicted octanol–water partition coefficient (Wildman–Crippen LogP) is 16.5. The molecule has 13 rings (SSSR count). The average molecular weight is 844 g/mol. The van der Waals surface area contributed by atoms with Gasteiger partial charge in [0, 0.05) is 32.7 Å². The molecule has 0 radical (unpaired) electrons. The van der Waals surface area contributed by atoms with Crippen LogP contribution in [0.25, 0.3) is 133 Å². The van der Waals surface area contributed by atoms with Crippen LogP contribution in [-0.4, -0.2) is 15.0 Å². The van der Waals surface area contributed by atoms with Crippen LogP contribution in [0.1, 0.15) is 0 Å². The summed E-state index contributed by atoms with van der Waals surface area (Å²) in [6, 6.07) is 78.4. The second-order valence-corrected chi connectivity index (χ2v) is 16.7. The molecule has 13 aromatic rings. The standard InChI is InChI=1S/C61H37N3O2/c1-4-16-38(17-5-1)45-36-50(56(40-19-6-2-7-20-40)51(37-45)43-31-32-54-52(35-43)57-46-25-11-10-18-39(46)30-33-55(57)65-54)42-23-14-24-44(34-42)60-62-59(41-21-8-3-9-22-41)63-61(64-60)49-28-15-27-48-47-26-12-13-29-53(47)66-58(48)49/h1-37H. The Morgan fingerprint density at radius 2 is 0.833 bits per heavy atom.